The number of likely N-dealkylation sites (tertiary alicyclic amines) is 1. The van der Waals surface area contributed by atoms with Crippen LogP contribution in [0, 0.1) is 5.82 Å². The van der Waals surface area contributed by atoms with Gasteiger partial charge in [0.2, 0.25) is 5.91 Å². The van der Waals surface area contributed by atoms with Crippen molar-refractivity contribution >= 4 is 29.9 Å². The van der Waals surface area contributed by atoms with Gasteiger partial charge < -0.3 is 16.0 Å². The summed E-state index contributed by atoms with van der Waals surface area (Å²) in [5.41, 5.74) is 7.02. The third kappa shape index (κ3) is 2.94. The van der Waals surface area contributed by atoms with Crippen molar-refractivity contribution in [1.29, 1.82) is 0 Å². The van der Waals surface area contributed by atoms with Crippen molar-refractivity contribution in [2.24, 2.45) is 5.73 Å². The average Bonchev–Trinajstić information content (AvgIpc) is 2.94. The van der Waals surface area contributed by atoms with Gasteiger partial charge in [0.05, 0.1) is 5.56 Å². The molecule has 1 atom stereocenters. The lowest BCUT2D eigenvalue weighted by Crippen LogP contribution is -2.40. The fourth-order valence-corrected chi connectivity index (χ4v) is 3.07. The molecule has 0 radical (unpaired) electrons. The van der Waals surface area contributed by atoms with Gasteiger partial charge in [-0.3, -0.25) is 9.59 Å². The van der Waals surface area contributed by atoms with Crippen LogP contribution in [0.3, 0.4) is 0 Å². The van der Waals surface area contributed by atoms with Crippen LogP contribution in [-0.2, 0) is 11.2 Å². The lowest BCUT2D eigenvalue weighted by atomic mass is 9.99. The van der Waals surface area contributed by atoms with E-state index in [0.29, 0.717) is 31.6 Å². The highest BCUT2D eigenvalue weighted by Gasteiger charge is 2.30. The molecule has 120 valence electrons. The van der Waals surface area contributed by atoms with Gasteiger partial charge in [0.15, 0.2) is 0 Å². The highest BCUT2D eigenvalue weighted by atomic mass is 35.5. The first kappa shape index (κ1) is 16.7. The van der Waals surface area contributed by atoms with Crippen LogP contribution < -0.4 is 11.1 Å². The van der Waals surface area contributed by atoms with Crippen molar-refractivity contribution in [1.82, 2.24) is 4.90 Å². The molecule has 5 nitrogen and oxygen atoms in total. The zero-order valence-corrected chi connectivity index (χ0v) is 12.9. The molecule has 7 heteroatoms. The number of hydrogen-bond donors (Lipinski definition) is 2. The Labute approximate surface area is 134 Å². The molecule has 2 aliphatic rings. The van der Waals surface area contributed by atoms with Crippen LogP contribution in [0.25, 0.3) is 0 Å². The van der Waals surface area contributed by atoms with Crippen molar-refractivity contribution in [2.45, 2.75) is 31.7 Å². The number of hydrogen-bond acceptors (Lipinski definition) is 3. The van der Waals surface area contributed by atoms with Crippen molar-refractivity contribution in [2.75, 3.05) is 18.4 Å². The van der Waals surface area contributed by atoms with E-state index < -0.39 is 5.82 Å². The summed E-state index contributed by atoms with van der Waals surface area (Å²) in [6.45, 7) is 1.02. The lowest BCUT2D eigenvalue weighted by Gasteiger charge is -2.25. The van der Waals surface area contributed by atoms with Crippen LogP contribution in [-0.4, -0.2) is 35.8 Å². The predicted octanol–water partition coefficient (Wildman–Crippen LogP) is 1.70. The monoisotopic (exact) mass is 327 g/mol. The van der Waals surface area contributed by atoms with Gasteiger partial charge in [0, 0.05) is 31.2 Å². The molecule has 2 aliphatic heterocycles. The minimum atomic E-state index is -0.594. The smallest absolute Gasteiger partial charge is 0.257 e. The first-order chi connectivity index (χ1) is 10.1. The van der Waals surface area contributed by atoms with E-state index in [9.17, 15) is 14.0 Å². The molecule has 1 aromatic carbocycles. The number of nitrogens with zero attached hydrogens (tertiary/aromatic N) is 1. The van der Waals surface area contributed by atoms with Gasteiger partial charge in [-0.2, -0.15) is 0 Å². The van der Waals surface area contributed by atoms with E-state index in [2.05, 4.69) is 5.32 Å². The molecule has 3 rings (SSSR count). The second kappa shape index (κ2) is 6.62. The van der Waals surface area contributed by atoms with Crippen molar-refractivity contribution in [3.8, 4) is 0 Å². The van der Waals surface area contributed by atoms with E-state index >= 15 is 0 Å². The Morgan fingerprint density at radius 3 is 2.91 bits per heavy atom. The summed E-state index contributed by atoms with van der Waals surface area (Å²) in [5.74, 6) is -1.02. The van der Waals surface area contributed by atoms with E-state index in [1.165, 1.54) is 6.07 Å². The molecule has 0 spiro atoms. The summed E-state index contributed by atoms with van der Waals surface area (Å²) in [7, 11) is 0. The van der Waals surface area contributed by atoms with Crippen LogP contribution in [0.2, 0.25) is 0 Å². The van der Waals surface area contributed by atoms with Crippen LogP contribution in [0.15, 0.2) is 12.1 Å². The van der Waals surface area contributed by atoms with Gasteiger partial charge in [0.25, 0.3) is 5.91 Å². The molecule has 0 aromatic heterocycles. The molecule has 1 saturated heterocycles. The maximum absolute atomic E-state index is 14.2. The quantitative estimate of drug-likeness (QED) is 0.868. The Bertz CT molecular complexity index is 609. The van der Waals surface area contributed by atoms with Gasteiger partial charge >= 0.3 is 0 Å². The largest absolute Gasteiger partial charge is 0.334 e. The summed E-state index contributed by atoms with van der Waals surface area (Å²) < 4.78 is 14.2. The van der Waals surface area contributed by atoms with Gasteiger partial charge in [0.1, 0.15) is 5.82 Å². The number of aryl methyl sites for hydroxylation is 1. The Hall–Kier alpha value is -1.66. The van der Waals surface area contributed by atoms with E-state index in [1.807, 2.05) is 0 Å². The molecule has 1 fully saturated rings. The summed E-state index contributed by atoms with van der Waals surface area (Å²) in [4.78, 5) is 25.5. The molecule has 22 heavy (non-hydrogen) atoms. The number of carbonyl (C=O) groups excluding carboxylic acids is 2. The van der Waals surface area contributed by atoms with E-state index in [-0.39, 0.29) is 35.8 Å². The first-order valence-electron chi connectivity index (χ1n) is 7.23. The number of nitrogens with two attached hydrogens (primary N) is 1. The third-order valence-corrected chi connectivity index (χ3v) is 4.23. The van der Waals surface area contributed by atoms with Crippen molar-refractivity contribution in [3.63, 3.8) is 0 Å². The minimum absolute atomic E-state index is 0. The molecule has 3 N–H and O–H groups in total. The molecule has 1 unspecified atom stereocenters. The normalized spacial score (nSPS) is 20.2. The van der Waals surface area contributed by atoms with Crippen molar-refractivity contribution in [3.05, 3.63) is 29.1 Å². The second-order valence-electron chi connectivity index (χ2n) is 5.57. The number of halogens is 2. The highest BCUT2D eigenvalue weighted by Crippen LogP contribution is 2.28. The molecule has 0 saturated carbocycles. The van der Waals surface area contributed by atoms with E-state index in [4.69, 9.17) is 5.73 Å². The third-order valence-electron chi connectivity index (χ3n) is 4.23. The van der Waals surface area contributed by atoms with Gasteiger partial charge in [-0.15, -0.1) is 12.4 Å². The Kier molecular flexibility index (Phi) is 5.03. The summed E-state index contributed by atoms with van der Waals surface area (Å²) in [5, 5.41) is 2.63. The van der Waals surface area contributed by atoms with Gasteiger partial charge in [-0.1, -0.05) is 0 Å². The Morgan fingerprint density at radius 2 is 2.18 bits per heavy atom. The first-order valence-corrected chi connectivity index (χ1v) is 7.23. The zero-order valence-electron chi connectivity index (χ0n) is 12.1. The number of rotatable bonds is 2. The predicted molar refractivity (Wildman–Crippen MR) is 83.7 cm³/mol. The highest BCUT2D eigenvalue weighted by molar-refractivity contribution is 5.98. The maximum atomic E-state index is 14.2. The second-order valence-corrected chi connectivity index (χ2v) is 5.57. The van der Waals surface area contributed by atoms with Gasteiger partial charge in [-0.25, -0.2) is 4.39 Å². The summed E-state index contributed by atoms with van der Waals surface area (Å²) in [6.07, 6.45) is 2.66. The van der Waals surface area contributed by atoms with Crippen LogP contribution in [0.5, 0.6) is 0 Å². The Morgan fingerprint density at radius 1 is 1.41 bits per heavy atom. The van der Waals surface area contributed by atoms with E-state index in [1.54, 1.807) is 11.0 Å². The van der Waals surface area contributed by atoms with Crippen molar-refractivity contribution < 1.29 is 14.0 Å². The lowest BCUT2D eigenvalue weighted by molar-refractivity contribution is -0.116. The molecular formula is C15H19ClFN3O2. The Balaban J connectivity index is 0.00000176. The molecule has 1 aromatic rings. The number of anilines is 1. The maximum Gasteiger partial charge on any atom is 0.257 e. The van der Waals surface area contributed by atoms with E-state index in [0.717, 1.165) is 18.4 Å². The van der Waals surface area contributed by atoms with Gasteiger partial charge in [-0.05, 0) is 37.0 Å². The number of carbonyl (C=O) groups is 2. The minimum Gasteiger partial charge on any atom is -0.334 e. The van der Waals surface area contributed by atoms with Crippen LogP contribution in [0.1, 0.15) is 35.2 Å². The summed E-state index contributed by atoms with van der Waals surface area (Å²) in [6, 6.07) is 2.80. The molecular weight excluding hydrogens is 309 g/mol. The fourth-order valence-electron chi connectivity index (χ4n) is 3.07. The topological polar surface area (TPSA) is 75.4 Å². The van der Waals surface area contributed by atoms with Crippen LogP contribution >= 0.6 is 12.4 Å². The fraction of sp³-hybridized carbons (Fsp3) is 0.467. The van der Waals surface area contributed by atoms with Crippen LogP contribution in [0.4, 0.5) is 10.1 Å². The number of fused-ring (bicyclic) bond motifs is 1. The molecule has 0 bridgehead atoms. The molecule has 2 heterocycles. The standard InChI is InChI=1S/C15H18FN3O2.ClH/c16-12-7-13-9(3-4-14(20)18-13)6-11(12)15(21)19-5-1-2-10(19)8-17;/h6-7,10H,1-5,8,17H2,(H,18,20);1H. The molecule has 0 aliphatic carbocycles. The average molecular weight is 328 g/mol. The zero-order chi connectivity index (χ0) is 15.0. The number of benzene rings is 1. The SMILES string of the molecule is Cl.NCC1CCCN1C(=O)c1cc2c(cc1F)NC(=O)CC2. The number of nitrogens with one attached hydrogen (secondary N) is 1. The molecule has 2 amide bonds. The summed E-state index contributed by atoms with van der Waals surface area (Å²) >= 11 is 0. The number of amides is 2.